The Hall–Kier alpha value is -2.92. The average Bonchev–Trinajstić information content (AvgIpc) is 3.23. The number of nitrogens with zero attached hydrogens (tertiary/aromatic N) is 4. The number of carbonyl (C=O) groups excluding carboxylic acids is 2. The molecule has 0 aliphatic carbocycles. The number of hydrogen-bond acceptors (Lipinski definition) is 7. The Morgan fingerprint density at radius 2 is 1.97 bits per heavy atom. The Kier molecular flexibility index (Phi) is 6.44. The van der Waals surface area contributed by atoms with E-state index < -0.39 is 15.9 Å². The first-order chi connectivity index (χ1) is 15.7. The number of hydrogen-bond donors (Lipinski definition) is 0. The maximum atomic E-state index is 13.2. The number of anilines is 1. The normalized spacial score (nSPS) is 20.2. The Bertz CT molecular complexity index is 1140. The molecule has 0 saturated carbocycles. The first-order valence-corrected chi connectivity index (χ1v) is 12.3. The van der Waals surface area contributed by atoms with Crippen LogP contribution in [0.15, 0.2) is 33.7 Å². The Morgan fingerprint density at radius 1 is 1.18 bits per heavy atom. The molecule has 1 aromatic heterocycles. The minimum Gasteiger partial charge on any atom is -0.497 e. The van der Waals surface area contributed by atoms with E-state index in [0.717, 1.165) is 0 Å². The van der Waals surface area contributed by atoms with E-state index in [2.05, 4.69) is 5.16 Å². The quantitative estimate of drug-likeness (QED) is 0.644. The predicted octanol–water partition coefficient (Wildman–Crippen LogP) is 1.58. The summed E-state index contributed by atoms with van der Waals surface area (Å²) in [5, 5.41) is 3.76. The summed E-state index contributed by atoms with van der Waals surface area (Å²) in [4.78, 5) is 29.2. The van der Waals surface area contributed by atoms with Gasteiger partial charge in [-0.2, -0.15) is 4.31 Å². The molecule has 11 heteroatoms. The third-order valence-corrected chi connectivity index (χ3v) is 8.32. The number of rotatable bonds is 5. The van der Waals surface area contributed by atoms with E-state index in [1.165, 1.54) is 4.31 Å². The fraction of sp³-hybridized carbons (Fsp3) is 0.500. The third-order valence-electron chi connectivity index (χ3n) is 6.17. The van der Waals surface area contributed by atoms with Crippen molar-refractivity contribution in [2.75, 3.05) is 44.7 Å². The lowest BCUT2D eigenvalue weighted by Crippen LogP contribution is -2.40. The van der Waals surface area contributed by atoms with E-state index in [-0.39, 0.29) is 42.0 Å². The van der Waals surface area contributed by atoms with E-state index >= 15 is 0 Å². The van der Waals surface area contributed by atoms with Crippen molar-refractivity contribution >= 4 is 27.5 Å². The van der Waals surface area contributed by atoms with E-state index in [1.54, 1.807) is 49.0 Å². The van der Waals surface area contributed by atoms with Gasteiger partial charge in [0.25, 0.3) is 0 Å². The van der Waals surface area contributed by atoms with Crippen LogP contribution < -0.4 is 9.64 Å². The number of ether oxygens (including phenoxy) is 1. The number of carbonyl (C=O) groups is 2. The number of aromatic nitrogens is 1. The van der Waals surface area contributed by atoms with Crippen molar-refractivity contribution in [2.45, 2.75) is 31.6 Å². The maximum Gasteiger partial charge on any atom is 0.248 e. The zero-order valence-corrected chi connectivity index (χ0v) is 19.8. The highest BCUT2D eigenvalue weighted by molar-refractivity contribution is 7.89. The van der Waals surface area contributed by atoms with E-state index in [1.807, 2.05) is 6.07 Å². The zero-order chi connectivity index (χ0) is 23.8. The molecule has 2 aliphatic rings. The first kappa shape index (κ1) is 23.2. The molecule has 0 bridgehead atoms. The van der Waals surface area contributed by atoms with Crippen LogP contribution in [0.5, 0.6) is 5.75 Å². The summed E-state index contributed by atoms with van der Waals surface area (Å²) in [6.07, 6.45) is 0.641. The smallest absolute Gasteiger partial charge is 0.248 e. The van der Waals surface area contributed by atoms with Crippen LogP contribution in [0.2, 0.25) is 0 Å². The molecule has 0 spiro atoms. The van der Waals surface area contributed by atoms with Crippen LogP contribution in [0, 0.1) is 19.8 Å². The minimum absolute atomic E-state index is 0.0950. The van der Waals surface area contributed by atoms with Crippen LogP contribution in [-0.2, 0) is 19.6 Å². The minimum atomic E-state index is -3.77. The molecular weight excluding hydrogens is 448 g/mol. The van der Waals surface area contributed by atoms with Crippen LogP contribution in [0.25, 0.3) is 0 Å². The highest BCUT2D eigenvalue weighted by atomic mass is 32.2. The van der Waals surface area contributed by atoms with Gasteiger partial charge < -0.3 is 19.1 Å². The molecule has 2 fully saturated rings. The van der Waals surface area contributed by atoms with Crippen LogP contribution in [0.4, 0.5) is 5.69 Å². The van der Waals surface area contributed by atoms with Crippen molar-refractivity contribution in [3.05, 3.63) is 35.7 Å². The van der Waals surface area contributed by atoms with Gasteiger partial charge in [0.1, 0.15) is 16.3 Å². The number of aryl methyl sites for hydroxylation is 2. The van der Waals surface area contributed by atoms with Crippen molar-refractivity contribution in [3.63, 3.8) is 0 Å². The monoisotopic (exact) mass is 476 g/mol. The standard InChI is InChI=1S/C22H28N4O6S/c1-15-21(16(2)32-23-15)33(29,30)25-9-5-8-24(10-11-25)22(28)17-12-20(27)26(14-17)18-6-4-7-19(13-18)31-3/h4,6-7,13,17H,5,8-12,14H2,1-3H3/t17-/m0/s1. The second-order valence-corrected chi connectivity index (χ2v) is 10.2. The molecule has 3 heterocycles. The number of amides is 2. The zero-order valence-electron chi connectivity index (χ0n) is 19.0. The summed E-state index contributed by atoms with van der Waals surface area (Å²) < 4.78 is 37.9. The molecule has 10 nitrogen and oxygen atoms in total. The molecule has 2 aromatic rings. The van der Waals surface area contributed by atoms with E-state index in [4.69, 9.17) is 9.26 Å². The van der Waals surface area contributed by atoms with Crippen molar-refractivity contribution in [1.29, 1.82) is 0 Å². The van der Waals surface area contributed by atoms with Crippen molar-refractivity contribution in [2.24, 2.45) is 5.92 Å². The fourth-order valence-electron chi connectivity index (χ4n) is 4.49. The molecule has 178 valence electrons. The van der Waals surface area contributed by atoms with Crippen molar-refractivity contribution in [1.82, 2.24) is 14.4 Å². The van der Waals surface area contributed by atoms with Gasteiger partial charge in [0.15, 0.2) is 5.76 Å². The van der Waals surface area contributed by atoms with Gasteiger partial charge in [-0.1, -0.05) is 11.2 Å². The van der Waals surface area contributed by atoms with E-state index in [0.29, 0.717) is 43.2 Å². The molecule has 0 unspecified atom stereocenters. The van der Waals surface area contributed by atoms with Crippen molar-refractivity contribution < 1.29 is 27.3 Å². The summed E-state index contributed by atoms with van der Waals surface area (Å²) in [6, 6.07) is 7.19. The van der Waals surface area contributed by atoms with Crippen molar-refractivity contribution in [3.8, 4) is 5.75 Å². The van der Waals surface area contributed by atoms with Gasteiger partial charge in [0.05, 0.1) is 13.0 Å². The highest BCUT2D eigenvalue weighted by Gasteiger charge is 2.39. The second-order valence-electron chi connectivity index (χ2n) is 8.34. The summed E-state index contributed by atoms with van der Waals surface area (Å²) in [7, 11) is -2.21. The molecule has 2 aliphatic heterocycles. The van der Waals surface area contributed by atoms with Crippen LogP contribution in [-0.4, -0.2) is 74.4 Å². The average molecular weight is 477 g/mol. The summed E-state index contributed by atoms with van der Waals surface area (Å²) in [5.74, 6) is 0.202. The topological polar surface area (TPSA) is 113 Å². The number of sulfonamides is 1. The first-order valence-electron chi connectivity index (χ1n) is 10.9. The lowest BCUT2D eigenvalue weighted by Gasteiger charge is -2.24. The van der Waals surface area contributed by atoms with Gasteiger partial charge >= 0.3 is 0 Å². The molecule has 2 amide bonds. The second kappa shape index (κ2) is 9.14. The van der Waals surface area contributed by atoms with Gasteiger partial charge in [0.2, 0.25) is 21.8 Å². The van der Waals surface area contributed by atoms with Gasteiger partial charge in [-0.05, 0) is 32.4 Å². The summed E-state index contributed by atoms with van der Waals surface area (Å²) >= 11 is 0. The highest BCUT2D eigenvalue weighted by Crippen LogP contribution is 2.29. The van der Waals surface area contributed by atoms with Gasteiger partial charge in [-0.3, -0.25) is 9.59 Å². The molecular formula is C22H28N4O6S. The Morgan fingerprint density at radius 3 is 2.67 bits per heavy atom. The summed E-state index contributed by atoms with van der Waals surface area (Å²) in [6.45, 7) is 4.66. The van der Waals surface area contributed by atoms with Gasteiger partial charge in [0, 0.05) is 50.9 Å². The Balaban J connectivity index is 1.43. The van der Waals surface area contributed by atoms with Gasteiger partial charge in [-0.15, -0.1) is 0 Å². The lowest BCUT2D eigenvalue weighted by atomic mass is 10.1. The lowest BCUT2D eigenvalue weighted by molar-refractivity contribution is -0.135. The van der Waals surface area contributed by atoms with Crippen LogP contribution >= 0.6 is 0 Å². The number of benzene rings is 1. The van der Waals surface area contributed by atoms with E-state index in [9.17, 15) is 18.0 Å². The largest absolute Gasteiger partial charge is 0.497 e. The third kappa shape index (κ3) is 4.47. The summed E-state index contributed by atoms with van der Waals surface area (Å²) in [5.41, 5.74) is 1.02. The maximum absolute atomic E-state index is 13.2. The van der Waals surface area contributed by atoms with Crippen LogP contribution in [0.1, 0.15) is 24.3 Å². The fourth-order valence-corrected chi connectivity index (χ4v) is 6.25. The van der Waals surface area contributed by atoms with Gasteiger partial charge in [-0.25, -0.2) is 8.42 Å². The molecule has 1 aromatic carbocycles. The predicted molar refractivity (Wildman–Crippen MR) is 119 cm³/mol. The molecule has 0 radical (unpaired) electrons. The molecule has 2 saturated heterocycles. The number of methoxy groups -OCH3 is 1. The molecule has 4 rings (SSSR count). The SMILES string of the molecule is COc1cccc(N2C[C@@H](C(=O)N3CCCN(S(=O)(=O)c4c(C)noc4C)CC3)CC2=O)c1. The van der Waals surface area contributed by atoms with Crippen LogP contribution in [0.3, 0.4) is 0 Å². The molecule has 33 heavy (non-hydrogen) atoms. The molecule has 0 N–H and O–H groups in total. The Labute approximate surface area is 193 Å². The molecule has 1 atom stereocenters.